The number of nitrogens with zero attached hydrogens (tertiary/aromatic N) is 3. The predicted octanol–water partition coefficient (Wildman–Crippen LogP) is 2.13. The largest absolute Gasteiger partial charge is 0.377 e. The Kier molecular flexibility index (Phi) is 13.4. The van der Waals surface area contributed by atoms with Gasteiger partial charge in [0, 0.05) is 43.9 Å². The van der Waals surface area contributed by atoms with Gasteiger partial charge >= 0.3 is 0 Å². The Bertz CT molecular complexity index is 1550. The highest BCUT2D eigenvalue weighted by atomic mass is 35.5. The molecule has 244 valence electrons. The lowest BCUT2D eigenvalue weighted by molar-refractivity contribution is -0.384. The molecule has 2 aromatic rings. The summed E-state index contributed by atoms with van der Waals surface area (Å²) in [5, 5.41) is 41.7. The number of sulfonamides is 2. The van der Waals surface area contributed by atoms with E-state index >= 15 is 0 Å². The first kappa shape index (κ1) is 36.8. The van der Waals surface area contributed by atoms with Crippen LogP contribution in [0.15, 0.2) is 58.8 Å². The van der Waals surface area contributed by atoms with Crippen molar-refractivity contribution < 1.29 is 26.7 Å². The summed E-state index contributed by atoms with van der Waals surface area (Å²) >= 11 is 0. The topological polar surface area (TPSA) is 246 Å². The second kappa shape index (κ2) is 16.1. The van der Waals surface area contributed by atoms with Crippen molar-refractivity contribution in [2.75, 3.05) is 43.4 Å². The zero-order valence-electron chi connectivity index (χ0n) is 23.8. The molecule has 7 N–H and O–H groups in total. The number of nitro benzene ring substituents is 2. The standard InChI is InChI=1S/C14H20N4O4S.C11H16N4O4S.ClH/c1-2-7-17-8-5-11(6-9-17)16-13-4-3-12(23(15,21)22)10-14(13)18(19)20;12-20(18,19)9-1-2-10(11(7-9)15(16)17)14-8-3-5-13-6-4-8;/h2-4,10-11,16H,1,5-9H2,(H2,15,21,22);1-2,7-8,13-14H,3-6H2,(H2,12,18,19);1H. The van der Waals surface area contributed by atoms with E-state index in [0.717, 1.165) is 70.5 Å². The third-order valence-electron chi connectivity index (χ3n) is 7.02. The van der Waals surface area contributed by atoms with Gasteiger partial charge in [-0.05, 0) is 63.0 Å². The van der Waals surface area contributed by atoms with Gasteiger partial charge in [-0.15, -0.1) is 19.0 Å². The Morgan fingerprint density at radius 1 is 0.841 bits per heavy atom. The number of benzene rings is 2. The van der Waals surface area contributed by atoms with Gasteiger partial charge in [0.1, 0.15) is 11.4 Å². The molecule has 2 heterocycles. The molecule has 0 bridgehead atoms. The van der Waals surface area contributed by atoms with Gasteiger partial charge < -0.3 is 16.0 Å². The second-order valence-electron chi connectivity index (χ2n) is 10.1. The van der Waals surface area contributed by atoms with Crippen LogP contribution in [-0.4, -0.2) is 76.4 Å². The van der Waals surface area contributed by atoms with Gasteiger partial charge in [-0.2, -0.15) is 0 Å². The van der Waals surface area contributed by atoms with Gasteiger partial charge in [0.2, 0.25) is 20.0 Å². The van der Waals surface area contributed by atoms with Crippen LogP contribution in [0.2, 0.25) is 0 Å². The van der Waals surface area contributed by atoms with Gasteiger partial charge in [-0.3, -0.25) is 25.1 Å². The van der Waals surface area contributed by atoms with Crippen LogP contribution in [-0.2, 0) is 20.0 Å². The number of primary sulfonamides is 2. The lowest BCUT2D eigenvalue weighted by Gasteiger charge is -2.32. The number of anilines is 2. The van der Waals surface area contributed by atoms with Crippen LogP contribution in [0.5, 0.6) is 0 Å². The van der Waals surface area contributed by atoms with Crippen molar-refractivity contribution in [3.8, 4) is 0 Å². The summed E-state index contributed by atoms with van der Waals surface area (Å²) in [4.78, 5) is 22.8. The first-order valence-corrected chi connectivity index (χ1v) is 16.5. The molecule has 0 saturated carbocycles. The number of nitrogens with two attached hydrogens (primary N) is 2. The number of hydrogen-bond acceptors (Lipinski definition) is 12. The van der Waals surface area contributed by atoms with E-state index in [2.05, 4.69) is 27.4 Å². The minimum Gasteiger partial charge on any atom is -0.377 e. The molecule has 0 atom stereocenters. The summed E-state index contributed by atoms with van der Waals surface area (Å²) in [5.74, 6) is 0. The SMILES string of the molecule is C=CCN1CCC(Nc2ccc(S(N)(=O)=O)cc2[N+](=O)[O-])CC1.Cl.NS(=O)(=O)c1ccc(NC2CCNCC2)c([N+](=O)[O-])c1. The molecule has 16 nitrogen and oxygen atoms in total. The van der Waals surface area contributed by atoms with Crippen molar-refractivity contribution in [1.29, 1.82) is 0 Å². The summed E-state index contributed by atoms with van der Waals surface area (Å²) in [7, 11) is -7.92. The third-order valence-corrected chi connectivity index (χ3v) is 8.84. The number of nitro groups is 2. The molecule has 4 rings (SSSR count). The fourth-order valence-corrected chi connectivity index (χ4v) is 5.84. The van der Waals surface area contributed by atoms with Crippen molar-refractivity contribution in [3.05, 3.63) is 69.3 Å². The quantitative estimate of drug-likeness (QED) is 0.138. The molecule has 19 heteroatoms. The summed E-state index contributed by atoms with van der Waals surface area (Å²) in [5.41, 5.74) is 0.0546. The van der Waals surface area contributed by atoms with E-state index in [-0.39, 0.29) is 45.7 Å². The minimum atomic E-state index is -3.97. The Morgan fingerprint density at radius 2 is 1.25 bits per heavy atom. The Morgan fingerprint density at radius 3 is 1.61 bits per heavy atom. The lowest BCUT2D eigenvalue weighted by atomic mass is 10.0. The van der Waals surface area contributed by atoms with Crippen LogP contribution in [0.1, 0.15) is 25.7 Å². The van der Waals surface area contributed by atoms with Crippen molar-refractivity contribution in [2.45, 2.75) is 47.6 Å². The average molecular weight is 677 g/mol. The van der Waals surface area contributed by atoms with Crippen molar-refractivity contribution in [1.82, 2.24) is 10.2 Å². The molecule has 0 unspecified atom stereocenters. The first-order chi connectivity index (χ1) is 20.2. The fraction of sp³-hybridized carbons (Fsp3) is 0.440. The van der Waals surface area contributed by atoms with E-state index in [0.29, 0.717) is 11.4 Å². The number of likely N-dealkylation sites (tertiary alicyclic amines) is 1. The highest BCUT2D eigenvalue weighted by Gasteiger charge is 2.24. The average Bonchev–Trinajstić information content (AvgIpc) is 2.94. The molecule has 2 fully saturated rings. The normalized spacial score (nSPS) is 16.5. The van der Waals surface area contributed by atoms with E-state index in [4.69, 9.17) is 10.3 Å². The smallest absolute Gasteiger partial charge is 0.293 e. The molecular formula is C25H37ClN8O8S2. The number of halogens is 1. The van der Waals surface area contributed by atoms with Crippen molar-refractivity contribution >= 4 is 55.2 Å². The maximum atomic E-state index is 11.3. The number of hydrogen-bond donors (Lipinski definition) is 5. The molecule has 2 saturated heterocycles. The minimum absolute atomic E-state index is 0. The van der Waals surface area contributed by atoms with Crippen molar-refractivity contribution in [2.24, 2.45) is 10.3 Å². The Hall–Kier alpha value is -3.39. The van der Waals surface area contributed by atoms with Crippen LogP contribution >= 0.6 is 12.4 Å². The maximum absolute atomic E-state index is 11.3. The highest BCUT2D eigenvalue weighted by Crippen LogP contribution is 2.30. The van der Waals surface area contributed by atoms with Gasteiger partial charge in [0.25, 0.3) is 11.4 Å². The Balaban J connectivity index is 0.000000303. The maximum Gasteiger partial charge on any atom is 0.293 e. The monoisotopic (exact) mass is 676 g/mol. The molecule has 44 heavy (non-hydrogen) atoms. The second-order valence-corrected chi connectivity index (χ2v) is 13.3. The van der Waals surface area contributed by atoms with E-state index in [1.165, 1.54) is 24.3 Å². The van der Waals surface area contributed by atoms with E-state index < -0.39 is 29.9 Å². The summed E-state index contributed by atoms with van der Waals surface area (Å²) in [6.45, 7) is 8.00. The molecule has 0 aromatic heterocycles. The van der Waals surface area contributed by atoms with Gasteiger partial charge in [0.05, 0.1) is 19.6 Å². The molecule has 0 amide bonds. The molecule has 2 aliphatic heterocycles. The highest BCUT2D eigenvalue weighted by molar-refractivity contribution is 7.89. The fourth-order valence-electron chi connectivity index (χ4n) is 4.77. The third kappa shape index (κ3) is 10.7. The van der Waals surface area contributed by atoms with Crippen LogP contribution in [0.25, 0.3) is 0 Å². The van der Waals surface area contributed by atoms with Crippen LogP contribution < -0.4 is 26.2 Å². The van der Waals surface area contributed by atoms with Gasteiger partial charge in [-0.1, -0.05) is 6.08 Å². The summed E-state index contributed by atoms with van der Waals surface area (Å²) in [6.07, 6.45) is 5.26. The number of nitrogens with one attached hydrogen (secondary N) is 3. The predicted molar refractivity (Wildman–Crippen MR) is 169 cm³/mol. The molecular weight excluding hydrogens is 640 g/mol. The zero-order chi connectivity index (χ0) is 31.8. The number of rotatable bonds is 10. The summed E-state index contributed by atoms with van der Waals surface area (Å²) < 4.78 is 45.1. The van der Waals surface area contributed by atoms with Gasteiger partial charge in [-0.25, -0.2) is 27.1 Å². The van der Waals surface area contributed by atoms with Crippen LogP contribution in [0.3, 0.4) is 0 Å². The van der Waals surface area contributed by atoms with Crippen molar-refractivity contribution in [3.63, 3.8) is 0 Å². The van der Waals surface area contributed by atoms with Crippen LogP contribution in [0.4, 0.5) is 22.7 Å². The Labute approximate surface area is 262 Å². The molecule has 0 spiro atoms. The van der Waals surface area contributed by atoms with E-state index in [1.54, 1.807) is 0 Å². The summed E-state index contributed by atoms with van der Waals surface area (Å²) in [6, 6.07) is 7.55. The molecule has 0 aliphatic carbocycles. The van der Waals surface area contributed by atoms with E-state index in [9.17, 15) is 37.1 Å². The first-order valence-electron chi connectivity index (χ1n) is 13.4. The molecule has 2 aromatic carbocycles. The zero-order valence-corrected chi connectivity index (χ0v) is 26.2. The molecule has 0 radical (unpaired) electrons. The number of piperidine rings is 2. The van der Waals surface area contributed by atoms with E-state index in [1.807, 2.05) is 6.08 Å². The van der Waals surface area contributed by atoms with Gasteiger partial charge in [0.15, 0.2) is 0 Å². The van der Waals surface area contributed by atoms with Crippen LogP contribution in [0, 0.1) is 20.2 Å². The lowest BCUT2D eigenvalue weighted by Crippen LogP contribution is -2.39. The molecule has 2 aliphatic rings.